The minimum atomic E-state index is 0.246. The van der Waals surface area contributed by atoms with Gasteiger partial charge in [-0.2, -0.15) is 11.8 Å². The summed E-state index contributed by atoms with van der Waals surface area (Å²) < 4.78 is 5.63. The molecule has 78 valence electrons. The zero-order chi connectivity index (χ0) is 9.68. The number of ether oxygens (including phenoxy) is 1. The predicted octanol–water partition coefficient (Wildman–Crippen LogP) is 1.88. The second-order valence-corrected chi connectivity index (χ2v) is 5.27. The fourth-order valence-electron chi connectivity index (χ4n) is 1.46. The van der Waals surface area contributed by atoms with Crippen molar-refractivity contribution >= 4 is 11.8 Å². The topological polar surface area (TPSA) is 35.2 Å². The third-order valence-corrected chi connectivity index (χ3v) is 3.42. The van der Waals surface area contributed by atoms with E-state index >= 15 is 0 Å². The van der Waals surface area contributed by atoms with Crippen molar-refractivity contribution in [3.63, 3.8) is 0 Å². The monoisotopic (exact) mass is 203 g/mol. The second kappa shape index (κ2) is 5.89. The zero-order valence-electron chi connectivity index (χ0n) is 8.66. The Balaban J connectivity index is 2.17. The Morgan fingerprint density at radius 2 is 2.23 bits per heavy atom. The smallest absolute Gasteiger partial charge is 0.0816 e. The van der Waals surface area contributed by atoms with E-state index in [4.69, 9.17) is 10.5 Å². The van der Waals surface area contributed by atoms with Crippen LogP contribution in [-0.4, -0.2) is 30.3 Å². The fraction of sp³-hybridized carbons (Fsp3) is 1.00. The molecule has 0 aromatic carbocycles. The Morgan fingerprint density at radius 1 is 1.46 bits per heavy atom. The van der Waals surface area contributed by atoms with Crippen molar-refractivity contribution in [2.75, 3.05) is 18.1 Å². The standard InChI is InChI=1S/C10H21NOS/c1-8(2)3-4-9(11)10-7-13-6-5-12-10/h8-10H,3-7,11H2,1-2H3. The maximum absolute atomic E-state index is 6.06. The first-order valence-electron chi connectivity index (χ1n) is 5.15. The van der Waals surface area contributed by atoms with Gasteiger partial charge in [-0.05, 0) is 18.8 Å². The molecule has 1 aliphatic rings. The molecule has 2 unspecified atom stereocenters. The van der Waals surface area contributed by atoms with Crippen LogP contribution >= 0.6 is 11.8 Å². The predicted molar refractivity (Wildman–Crippen MR) is 59.1 cm³/mol. The van der Waals surface area contributed by atoms with E-state index in [-0.39, 0.29) is 6.04 Å². The summed E-state index contributed by atoms with van der Waals surface area (Å²) in [6.45, 7) is 5.36. The molecule has 0 saturated carbocycles. The SMILES string of the molecule is CC(C)CCC(N)C1CSCCO1. The van der Waals surface area contributed by atoms with E-state index in [1.165, 1.54) is 6.42 Å². The molecule has 1 saturated heterocycles. The van der Waals surface area contributed by atoms with Crippen LogP contribution in [0.15, 0.2) is 0 Å². The first-order chi connectivity index (χ1) is 6.20. The van der Waals surface area contributed by atoms with Crippen LogP contribution in [0.1, 0.15) is 26.7 Å². The molecule has 1 heterocycles. The van der Waals surface area contributed by atoms with Crippen LogP contribution in [0, 0.1) is 5.92 Å². The van der Waals surface area contributed by atoms with E-state index in [1.807, 2.05) is 11.8 Å². The average Bonchev–Trinajstić information content (AvgIpc) is 2.15. The summed E-state index contributed by atoms with van der Waals surface area (Å²) >= 11 is 1.96. The van der Waals surface area contributed by atoms with Crippen LogP contribution in [-0.2, 0) is 4.74 Å². The molecule has 1 fully saturated rings. The lowest BCUT2D eigenvalue weighted by atomic mass is 10.0. The van der Waals surface area contributed by atoms with Crippen LogP contribution in [0.5, 0.6) is 0 Å². The first-order valence-corrected chi connectivity index (χ1v) is 6.30. The molecule has 1 rings (SSSR count). The Labute approximate surface area is 85.6 Å². The molecule has 0 spiro atoms. The lowest BCUT2D eigenvalue weighted by molar-refractivity contribution is 0.0538. The minimum absolute atomic E-state index is 0.246. The molecule has 0 aliphatic carbocycles. The first kappa shape index (κ1) is 11.3. The summed E-state index contributed by atoms with van der Waals surface area (Å²) in [7, 11) is 0. The number of hydrogen-bond acceptors (Lipinski definition) is 3. The van der Waals surface area contributed by atoms with Crippen molar-refractivity contribution in [2.24, 2.45) is 11.7 Å². The molecule has 0 radical (unpaired) electrons. The van der Waals surface area contributed by atoms with Gasteiger partial charge in [-0.1, -0.05) is 13.8 Å². The van der Waals surface area contributed by atoms with E-state index < -0.39 is 0 Å². The highest BCUT2D eigenvalue weighted by molar-refractivity contribution is 7.99. The highest BCUT2D eigenvalue weighted by Gasteiger charge is 2.21. The highest BCUT2D eigenvalue weighted by Crippen LogP contribution is 2.18. The fourth-order valence-corrected chi connectivity index (χ4v) is 2.42. The molecule has 3 heteroatoms. The number of nitrogens with two attached hydrogens (primary N) is 1. The van der Waals surface area contributed by atoms with Crippen molar-refractivity contribution < 1.29 is 4.74 Å². The van der Waals surface area contributed by atoms with Crippen molar-refractivity contribution in [1.82, 2.24) is 0 Å². The molecule has 1 aliphatic heterocycles. The zero-order valence-corrected chi connectivity index (χ0v) is 9.48. The van der Waals surface area contributed by atoms with Gasteiger partial charge in [0.2, 0.25) is 0 Å². The molecule has 0 amide bonds. The lowest BCUT2D eigenvalue weighted by Gasteiger charge is -2.27. The minimum Gasteiger partial charge on any atom is -0.375 e. The molecule has 0 aromatic rings. The molecule has 2 atom stereocenters. The molecule has 0 aromatic heterocycles. The third-order valence-electron chi connectivity index (χ3n) is 2.40. The number of hydrogen-bond donors (Lipinski definition) is 1. The van der Waals surface area contributed by atoms with Crippen LogP contribution in [0.3, 0.4) is 0 Å². The van der Waals surface area contributed by atoms with Crippen LogP contribution < -0.4 is 5.73 Å². The van der Waals surface area contributed by atoms with Crippen LogP contribution in [0.25, 0.3) is 0 Å². The summed E-state index contributed by atoms with van der Waals surface area (Å²) in [6.07, 6.45) is 2.62. The molecule has 13 heavy (non-hydrogen) atoms. The van der Waals surface area contributed by atoms with E-state index in [1.54, 1.807) is 0 Å². The maximum atomic E-state index is 6.06. The Morgan fingerprint density at radius 3 is 2.77 bits per heavy atom. The van der Waals surface area contributed by atoms with Gasteiger partial charge in [0.25, 0.3) is 0 Å². The van der Waals surface area contributed by atoms with Gasteiger partial charge in [0, 0.05) is 17.5 Å². The van der Waals surface area contributed by atoms with Crippen molar-refractivity contribution in [3.8, 4) is 0 Å². The lowest BCUT2D eigenvalue weighted by Crippen LogP contribution is -2.41. The Hall–Kier alpha value is 0.270. The number of rotatable bonds is 4. The van der Waals surface area contributed by atoms with Crippen LogP contribution in [0.4, 0.5) is 0 Å². The molecule has 2 nitrogen and oxygen atoms in total. The van der Waals surface area contributed by atoms with Gasteiger partial charge in [-0.3, -0.25) is 0 Å². The Bertz CT molecular complexity index is 135. The summed E-state index contributed by atoms with van der Waals surface area (Å²) in [5.74, 6) is 2.97. The number of thioether (sulfide) groups is 1. The van der Waals surface area contributed by atoms with E-state index in [0.29, 0.717) is 6.10 Å². The van der Waals surface area contributed by atoms with Crippen LogP contribution in [0.2, 0.25) is 0 Å². The molecular weight excluding hydrogens is 182 g/mol. The Kier molecular flexibility index (Phi) is 5.14. The second-order valence-electron chi connectivity index (χ2n) is 4.12. The van der Waals surface area contributed by atoms with Gasteiger partial charge in [0.15, 0.2) is 0 Å². The summed E-state index contributed by atoms with van der Waals surface area (Å²) in [4.78, 5) is 0. The van der Waals surface area contributed by atoms with E-state index in [2.05, 4.69) is 13.8 Å². The van der Waals surface area contributed by atoms with Crippen molar-refractivity contribution in [2.45, 2.75) is 38.8 Å². The average molecular weight is 203 g/mol. The van der Waals surface area contributed by atoms with Gasteiger partial charge >= 0.3 is 0 Å². The maximum Gasteiger partial charge on any atom is 0.0816 e. The van der Waals surface area contributed by atoms with Crippen molar-refractivity contribution in [3.05, 3.63) is 0 Å². The van der Waals surface area contributed by atoms with E-state index in [9.17, 15) is 0 Å². The molecule has 0 bridgehead atoms. The van der Waals surface area contributed by atoms with Crippen molar-refractivity contribution in [1.29, 1.82) is 0 Å². The normalized spacial score (nSPS) is 26.3. The van der Waals surface area contributed by atoms with Gasteiger partial charge < -0.3 is 10.5 Å². The molecular formula is C10H21NOS. The summed E-state index contributed by atoms with van der Waals surface area (Å²) in [5.41, 5.74) is 6.06. The van der Waals surface area contributed by atoms with E-state index in [0.717, 1.165) is 30.5 Å². The third kappa shape index (κ3) is 4.34. The quantitative estimate of drug-likeness (QED) is 0.758. The van der Waals surface area contributed by atoms with Gasteiger partial charge in [-0.25, -0.2) is 0 Å². The highest BCUT2D eigenvalue weighted by atomic mass is 32.2. The van der Waals surface area contributed by atoms with Gasteiger partial charge in [0.05, 0.1) is 12.7 Å². The molecule has 2 N–H and O–H groups in total. The largest absolute Gasteiger partial charge is 0.375 e. The summed E-state index contributed by atoms with van der Waals surface area (Å²) in [5, 5.41) is 0. The van der Waals surface area contributed by atoms with Gasteiger partial charge in [0.1, 0.15) is 0 Å². The summed E-state index contributed by atoms with van der Waals surface area (Å²) in [6, 6.07) is 0.246. The van der Waals surface area contributed by atoms with Gasteiger partial charge in [-0.15, -0.1) is 0 Å².